The van der Waals surface area contributed by atoms with Crippen molar-refractivity contribution >= 4 is 5.82 Å². The van der Waals surface area contributed by atoms with Gasteiger partial charge in [-0.1, -0.05) is 39.0 Å². The summed E-state index contributed by atoms with van der Waals surface area (Å²) in [6.45, 7) is 4.30. The smallest absolute Gasteiger partial charge is 0.149 e. The van der Waals surface area contributed by atoms with Crippen LogP contribution in [0.5, 0.6) is 0 Å². The number of aryl methyl sites for hydroxylation is 1. The summed E-state index contributed by atoms with van der Waals surface area (Å²) in [5, 5.41) is 7.73. The summed E-state index contributed by atoms with van der Waals surface area (Å²) in [7, 11) is 0. The SMILES string of the molecule is CCCCCCCCc1c(C)cnnc1N. The van der Waals surface area contributed by atoms with Crippen LogP contribution >= 0.6 is 0 Å². The van der Waals surface area contributed by atoms with E-state index in [2.05, 4.69) is 24.0 Å². The Morgan fingerprint density at radius 3 is 2.50 bits per heavy atom. The number of nitrogens with zero attached hydrogens (tertiary/aromatic N) is 2. The first-order valence-electron chi connectivity index (χ1n) is 6.32. The molecule has 0 saturated carbocycles. The molecule has 0 aliphatic carbocycles. The minimum absolute atomic E-state index is 0.605. The quantitative estimate of drug-likeness (QED) is 0.719. The Bertz CT molecular complexity index is 290. The van der Waals surface area contributed by atoms with Gasteiger partial charge in [0, 0.05) is 5.56 Å². The normalized spacial score (nSPS) is 10.6. The first-order chi connectivity index (χ1) is 7.75. The van der Waals surface area contributed by atoms with Crippen molar-refractivity contribution in [1.82, 2.24) is 10.2 Å². The van der Waals surface area contributed by atoms with E-state index in [1.54, 1.807) is 6.20 Å². The van der Waals surface area contributed by atoms with Crippen LogP contribution in [0.15, 0.2) is 6.20 Å². The Balaban J connectivity index is 2.26. The van der Waals surface area contributed by atoms with Crippen molar-refractivity contribution in [2.45, 2.75) is 58.8 Å². The zero-order valence-electron chi connectivity index (χ0n) is 10.5. The lowest BCUT2D eigenvalue weighted by Crippen LogP contribution is -2.02. The molecule has 1 heterocycles. The van der Waals surface area contributed by atoms with Gasteiger partial charge in [-0.3, -0.25) is 0 Å². The van der Waals surface area contributed by atoms with E-state index in [1.165, 1.54) is 49.7 Å². The first-order valence-corrected chi connectivity index (χ1v) is 6.32. The van der Waals surface area contributed by atoms with Crippen LogP contribution in [0, 0.1) is 6.92 Å². The molecule has 0 radical (unpaired) electrons. The summed E-state index contributed by atoms with van der Waals surface area (Å²) in [5.74, 6) is 0.605. The molecule has 0 unspecified atom stereocenters. The molecule has 0 saturated heterocycles. The summed E-state index contributed by atoms with van der Waals surface area (Å²) in [4.78, 5) is 0. The average molecular weight is 221 g/mol. The monoisotopic (exact) mass is 221 g/mol. The first kappa shape index (κ1) is 12.9. The second-order valence-electron chi connectivity index (χ2n) is 4.41. The van der Waals surface area contributed by atoms with E-state index in [1.807, 2.05) is 0 Å². The van der Waals surface area contributed by atoms with E-state index >= 15 is 0 Å². The van der Waals surface area contributed by atoms with Gasteiger partial charge in [0.05, 0.1) is 6.20 Å². The fourth-order valence-corrected chi connectivity index (χ4v) is 1.93. The molecule has 0 amide bonds. The predicted octanol–water partition coefficient (Wildman–Crippen LogP) is 3.27. The molecule has 90 valence electrons. The molecule has 1 aromatic heterocycles. The van der Waals surface area contributed by atoms with Crippen LogP contribution in [0.4, 0.5) is 5.82 Å². The second kappa shape index (κ2) is 7.20. The standard InChI is InChI=1S/C13H23N3/c1-3-4-5-6-7-8-9-12-11(2)10-15-16-13(12)14/h10H,3-9H2,1-2H3,(H2,14,16). The van der Waals surface area contributed by atoms with Gasteiger partial charge in [0.2, 0.25) is 0 Å². The van der Waals surface area contributed by atoms with Crippen LogP contribution in [0.25, 0.3) is 0 Å². The second-order valence-corrected chi connectivity index (χ2v) is 4.41. The number of nitrogen functional groups attached to an aromatic ring is 1. The van der Waals surface area contributed by atoms with Crippen molar-refractivity contribution in [2.24, 2.45) is 0 Å². The van der Waals surface area contributed by atoms with E-state index in [4.69, 9.17) is 5.73 Å². The highest BCUT2D eigenvalue weighted by Crippen LogP contribution is 2.16. The number of hydrogen-bond acceptors (Lipinski definition) is 3. The van der Waals surface area contributed by atoms with Crippen molar-refractivity contribution in [2.75, 3.05) is 5.73 Å². The van der Waals surface area contributed by atoms with E-state index < -0.39 is 0 Å². The van der Waals surface area contributed by atoms with Crippen molar-refractivity contribution in [1.29, 1.82) is 0 Å². The molecule has 0 bridgehead atoms. The Morgan fingerprint density at radius 2 is 1.81 bits per heavy atom. The van der Waals surface area contributed by atoms with Crippen LogP contribution in [-0.4, -0.2) is 10.2 Å². The number of nitrogens with two attached hydrogens (primary N) is 1. The third-order valence-electron chi connectivity index (χ3n) is 2.98. The van der Waals surface area contributed by atoms with Crippen molar-refractivity contribution in [3.05, 3.63) is 17.3 Å². The topological polar surface area (TPSA) is 51.8 Å². The summed E-state index contributed by atoms with van der Waals surface area (Å²) >= 11 is 0. The molecule has 0 fully saturated rings. The highest BCUT2D eigenvalue weighted by Gasteiger charge is 2.04. The lowest BCUT2D eigenvalue weighted by atomic mass is 10.0. The fraction of sp³-hybridized carbons (Fsp3) is 0.692. The molecule has 3 nitrogen and oxygen atoms in total. The maximum atomic E-state index is 5.81. The summed E-state index contributed by atoms with van der Waals surface area (Å²) in [5.41, 5.74) is 8.16. The molecule has 1 aromatic rings. The molecular formula is C13H23N3. The summed E-state index contributed by atoms with van der Waals surface area (Å²) in [6, 6.07) is 0. The van der Waals surface area contributed by atoms with Crippen LogP contribution in [0.3, 0.4) is 0 Å². The molecule has 0 aliphatic rings. The largest absolute Gasteiger partial charge is 0.382 e. The molecule has 1 rings (SSSR count). The minimum Gasteiger partial charge on any atom is -0.382 e. The van der Waals surface area contributed by atoms with Crippen LogP contribution < -0.4 is 5.73 Å². The van der Waals surface area contributed by atoms with E-state index in [9.17, 15) is 0 Å². The van der Waals surface area contributed by atoms with Crippen molar-refractivity contribution in [3.8, 4) is 0 Å². The van der Waals surface area contributed by atoms with Gasteiger partial charge in [0.25, 0.3) is 0 Å². The molecule has 0 aliphatic heterocycles. The Labute approximate surface area is 98.5 Å². The third kappa shape index (κ3) is 4.17. The molecule has 2 N–H and O–H groups in total. The van der Waals surface area contributed by atoms with Gasteiger partial charge >= 0.3 is 0 Å². The Kier molecular flexibility index (Phi) is 5.83. The minimum atomic E-state index is 0.605. The highest BCUT2D eigenvalue weighted by molar-refractivity contribution is 5.41. The van der Waals surface area contributed by atoms with Gasteiger partial charge < -0.3 is 5.73 Å². The molecule has 0 atom stereocenters. The van der Waals surface area contributed by atoms with Crippen molar-refractivity contribution in [3.63, 3.8) is 0 Å². The summed E-state index contributed by atoms with van der Waals surface area (Å²) < 4.78 is 0. The lowest BCUT2D eigenvalue weighted by molar-refractivity contribution is 0.606. The highest BCUT2D eigenvalue weighted by atomic mass is 15.1. The van der Waals surface area contributed by atoms with E-state index in [0.29, 0.717) is 5.82 Å². The van der Waals surface area contributed by atoms with Crippen LogP contribution in [-0.2, 0) is 6.42 Å². The molecular weight excluding hydrogens is 198 g/mol. The number of unbranched alkanes of at least 4 members (excludes halogenated alkanes) is 5. The maximum absolute atomic E-state index is 5.81. The zero-order valence-corrected chi connectivity index (χ0v) is 10.5. The van der Waals surface area contributed by atoms with Crippen molar-refractivity contribution < 1.29 is 0 Å². The fourth-order valence-electron chi connectivity index (χ4n) is 1.93. The lowest BCUT2D eigenvalue weighted by Gasteiger charge is -2.07. The third-order valence-corrected chi connectivity index (χ3v) is 2.98. The van der Waals surface area contributed by atoms with Gasteiger partial charge in [-0.25, -0.2) is 0 Å². The summed E-state index contributed by atoms with van der Waals surface area (Å²) in [6.07, 6.45) is 10.7. The number of rotatable bonds is 7. The van der Waals surface area contributed by atoms with E-state index in [0.717, 1.165) is 6.42 Å². The van der Waals surface area contributed by atoms with Crippen LogP contribution in [0.2, 0.25) is 0 Å². The molecule has 3 heteroatoms. The van der Waals surface area contributed by atoms with Gasteiger partial charge in [-0.2, -0.15) is 5.10 Å². The molecule has 0 spiro atoms. The maximum Gasteiger partial charge on any atom is 0.149 e. The number of anilines is 1. The van der Waals surface area contributed by atoms with E-state index in [-0.39, 0.29) is 0 Å². The van der Waals surface area contributed by atoms with Gasteiger partial charge in [0.15, 0.2) is 0 Å². The van der Waals surface area contributed by atoms with Crippen LogP contribution in [0.1, 0.15) is 56.6 Å². The van der Waals surface area contributed by atoms with Gasteiger partial charge in [-0.05, 0) is 25.3 Å². The van der Waals surface area contributed by atoms with Gasteiger partial charge in [0.1, 0.15) is 5.82 Å². The molecule has 16 heavy (non-hydrogen) atoms. The molecule has 0 aromatic carbocycles. The number of hydrogen-bond donors (Lipinski definition) is 1. The Hall–Kier alpha value is -1.12. The number of aromatic nitrogens is 2. The average Bonchev–Trinajstić information content (AvgIpc) is 2.26. The Morgan fingerprint density at radius 1 is 1.12 bits per heavy atom. The predicted molar refractivity (Wildman–Crippen MR) is 68.3 cm³/mol. The zero-order chi connectivity index (χ0) is 11.8. The van der Waals surface area contributed by atoms with Gasteiger partial charge in [-0.15, -0.1) is 5.10 Å².